The molecule has 0 N–H and O–H groups in total. The van der Waals surface area contributed by atoms with Gasteiger partial charge < -0.3 is 4.74 Å². The van der Waals surface area contributed by atoms with Crippen molar-refractivity contribution in [2.24, 2.45) is 0 Å². The van der Waals surface area contributed by atoms with Crippen molar-refractivity contribution in [2.75, 3.05) is 0 Å². The Kier molecular flexibility index (Phi) is 9.58. The highest BCUT2D eigenvalue weighted by Crippen LogP contribution is 2.34. The Hall–Kier alpha value is -2.80. The van der Waals surface area contributed by atoms with Gasteiger partial charge in [-0.15, -0.1) is 11.8 Å². The molecule has 3 aromatic rings. The summed E-state index contributed by atoms with van der Waals surface area (Å²) in [5.74, 6) is 0.618. The zero-order valence-corrected chi connectivity index (χ0v) is 25.9. The van der Waals surface area contributed by atoms with E-state index in [0.29, 0.717) is 13.1 Å². The molecule has 0 aliphatic carbocycles. The summed E-state index contributed by atoms with van der Waals surface area (Å²) < 4.78 is 8.27. The third-order valence-electron chi connectivity index (χ3n) is 6.52. The summed E-state index contributed by atoms with van der Waals surface area (Å²) in [5, 5.41) is 4.69. The molecule has 0 bridgehead atoms. The first-order valence-corrected chi connectivity index (χ1v) is 14.7. The first-order valence-electron chi connectivity index (χ1n) is 13.9. The van der Waals surface area contributed by atoms with Crippen molar-refractivity contribution >= 4 is 17.7 Å². The summed E-state index contributed by atoms with van der Waals surface area (Å²) in [6, 6.07) is 16.8. The van der Waals surface area contributed by atoms with E-state index < -0.39 is 10.3 Å². The van der Waals surface area contributed by atoms with E-state index in [2.05, 4.69) is 69.3 Å². The number of rotatable bonds is 10. The predicted molar refractivity (Wildman–Crippen MR) is 161 cm³/mol. The van der Waals surface area contributed by atoms with Gasteiger partial charge in [-0.3, -0.25) is 9.36 Å². The lowest BCUT2D eigenvalue weighted by molar-refractivity contribution is -0.156. The summed E-state index contributed by atoms with van der Waals surface area (Å²) in [7, 11) is 0. The van der Waals surface area contributed by atoms with Gasteiger partial charge in [0.05, 0.1) is 6.54 Å². The van der Waals surface area contributed by atoms with E-state index in [-0.39, 0.29) is 17.1 Å². The molecular weight excluding hydrogens is 506 g/mol. The summed E-state index contributed by atoms with van der Waals surface area (Å²) in [6.07, 6.45) is 2.52. The smallest absolute Gasteiger partial charge is 0.346 e. The lowest BCUT2D eigenvalue weighted by atomic mass is 9.87. The van der Waals surface area contributed by atoms with Crippen LogP contribution in [0.1, 0.15) is 91.2 Å². The first kappa shape index (κ1) is 30.7. The maximum absolute atomic E-state index is 13.0. The average molecular weight is 552 g/mol. The third kappa shape index (κ3) is 8.59. The van der Waals surface area contributed by atoms with Gasteiger partial charge in [0.15, 0.2) is 0 Å². The average Bonchev–Trinajstić information content (AvgIpc) is 3.12. The van der Waals surface area contributed by atoms with Crippen molar-refractivity contribution in [3.8, 4) is 0 Å². The molecule has 39 heavy (non-hydrogen) atoms. The second-order valence-electron chi connectivity index (χ2n) is 12.7. The quantitative estimate of drug-likeness (QED) is 0.205. The van der Waals surface area contributed by atoms with E-state index in [0.717, 1.165) is 35.5 Å². The highest BCUT2D eigenvalue weighted by atomic mass is 32.2. The lowest BCUT2D eigenvalue weighted by Gasteiger charge is -2.28. The molecule has 1 aromatic heterocycles. The molecule has 0 spiro atoms. The number of hydrogen-bond donors (Lipinski definition) is 0. The number of benzene rings is 2. The van der Waals surface area contributed by atoms with Crippen LogP contribution >= 0.6 is 11.8 Å². The minimum atomic E-state index is -0.675. The second kappa shape index (κ2) is 12.2. The van der Waals surface area contributed by atoms with Crippen LogP contribution in [-0.2, 0) is 40.9 Å². The molecule has 3 rings (SSSR count). The van der Waals surface area contributed by atoms with Crippen LogP contribution in [0.4, 0.5) is 0 Å². The Morgan fingerprint density at radius 2 is 1.46 bits per heavy atom. The van der Waals surface area contributed by atoms with Crippen molar-refractivity contribution in [3.63, 3.8) is 0 Å². The topological polar surface area (TPSA) is 66.1 Å². The molecule has 0 fully saturated rings. The van der Waals surface area contributed by atoms with Crippen molar-refractivity contribution in [3.05, 3.63) is 81.5 Å². The Labute approximate surface area is 238 Å². The predicted octanol–water partition coefficient (Wildman–Crippen LogP) is 6.80. The van der Waals surface area contributed by atoms with Gasteiger partial charge in [0.2, 0.25) is 0 Å². The molecule has 1 heterocycles. The largest absolute Gasteiger partial charge is 0.459 e. The van der Waals surface area contributed by atoms with E-state index in [1.54, 1.807) is 9.25 Å². The summed E-state index contributed by atoms with van der Waals surface area (Å²) >= 11 is 1.51. The van der Waals surface area contributed by atoms with Gasteiger partial charge in [-0.05, 0) is 88.6 Å². The first-order chi connectivity index (χ1) is 18.1. The fraction of sp³-hybridized carbons (Fsp3) is 0.531. The molecule has 6 nitrogen and oxygen atoms in total. The van der Waals surface area contributed by atoms with E-state index in [1.807, 2.05) is 41.5 Å². The summed E-state index contributed by atoms with van der Waals surface area (Å²) in [6.45, 7) is 19.1. The third-order valence-corrected chi connectivity index (χ3v) is 7.71. The van der Waals surface area contributed by atoms with E-state index >= 15 is 0 Å². The molecule has 0 amide bonds. The van der Waals surface area contributed by atoms with Crippen LogP contribution in [-0.4, -0.2) is 30.7 Å². The van der Waals surface area contributed by atoms with Crippen molar-refractivity contribution in [1.29, 1.82) is 0 Å². The van der Waals surface area contributed by atoms with Gasteiger partial charge in [0.25, 0.3) is 0 Å². The number of esters is 1. The SMILES string of the molecule is CCn1c(CCCc2ccc(SC(C)(C)C(=O)OC(C)(C)C)cc2)nn(Cc2ccc(C(C)(C)C)cc2)c1=O. The van der Waals surface area contributed by atoms with E-state index in [9.17, 15) is 9.59 Å². The summed E-state index contributed by atoms with van der Waals surface area (Å²) in [4.78, 5) is 26.6. The molecule has 0 saturated heterocycles. The highest BCUT2D eigenvalue weighted by Gasteiger charge is 2.33. The van der Waals surface area contributed by atoms with Gasteiger partial charge in [-0.25, -0.2) is 9.48 Å². The number of thioether (sulfide) groups is 1. The van der Waals surface area contributed by atoms with Gasteiger partial charge >= 0.3 is 11.7 Å². The minimum absolute atomic E-state index is 0.0543. The maximum atomic E-state index is 13.0. The number of aryl methyl sites for hydroxylation is 2. The molecule has 0 unspecified atom stereocenters. The summed E-state index contributed by atoms with van der Waals surface area (Å²) in [5.41, 5.74) is 3.11. The van der Waals surface area contributed by atoms with E-state index in [4.69, 9.17) is 9.84 Å². The molecule has 0 atom stereocenters. The minimum Gasteiger partial charge on any atom is -0.459 e. The Bertz CT molecular complexity index is 1310. The van der Waals surface area contributed by atoms with Crippen LogP contribution in [0, 0.1) is 0 Å². The molecule has 0 radical (unpaired) electrons. The normalized spacial score (nSPS) is 12.5. The standard InChI is InChI=1S/C32H45N3O3S/c1-10-34-27(33-35(29(34)37)22-24-14-18-25(19-15-24)30(2,3)4)13-11-12-23-16-20-26(21-17-23)39-32(8,9)28(36)38-31(5,6)7/h14-21H,10-13,22H2,1-9H3. The van der Waals surface area contributed by atoms with Crippen LogP contribution < -0.4 is 5.69 Å². The fourth-order valence-corrected chi connectivity index (χ4v) is 5.27. The molecule has 7 heteroatoms. The van der Waals surface area contributed by atoms with Crippen LogP contribution in [0.25, 0.3) is 0 Å². The molecule has 0 saturated carbocycles. The van der Waals surface area contributed by atoms with Gasteiger partial charge in [-0.1, -0.05) is 57.2 Å². The zero-order valence-electron chi connectivity index (χ0n) is 25.1. The van der Waals surface area contributed by atoms with E-state index in [1.165, 1.54) is 22.9 Å². The molecule has 0 aliphatic rings. The number of nitrogens with zero attached hydrogens (tertiary/aromatic N) is 3. The van der Waals surface area contributed by atoms with Crippen molar-refractivity contribution < 1.29 is 9.53 Å². The molecule has 212 valence electrons. The van der Waals surface area contributed by atoms with Gasteiger partial charge in [0.1, 0.15) is 16.2 Å². The van der Waals surface area contributed by atoms with Gasteiger partial charge in [-0.2, -0.15) is 5.10 Å². The van der Waals surface area contributed by atoms with Crippen LogP contribution in [0.15, 0.2) is 58.2 Å². The maximum Gasteiger partial charge on any atom is 0.346 e. The number of aromatic nitrogens is 3. The lowest BCUT2D eigenvalue weighted by Crippen LogP contribution is -2.36. The van der Waals surface area contributed by atoms with Crippen LogP contribution in [0.3, 0.4) is 0 Å². The Morgan fingerprint density at radius 1 is 0.872 bits per heavy atom. The molecule has 2 aromatic carbocycles. The molecule has 0 aliphatic heterocycles. The second-order valence-corrected chi connectivity index (χ2v) is 14.4. The number of carbonyl (C=O) groups is 1. The Balaban J connectivity index is 1.59. The van der Waals surface area contributed by atoms with Crippen molar-refractivity contribution in [1.82, 2.24) is 14.3 Å². The number of carbonyl (C=O) groups excluding carboxylic acids is 1. The molecular formula is C32H45N3O3S. The number of ether oxygens (including phenoxy) is 1. The fourth-order valence-electron chi connectivity index (χ4n) is 4.29. The monoisotopic (exact) mass is 551 g/mol. The van der Waals surface area contributed by atoms with Crippen molar-refractivity contribution in [2.45, 2.75) is 115 Å². The zero-order chi connectivity index (χ0) is 29.0. The number of hydrogen-bond acceptors (Lipinski definition) is 5. The van der Waals surface area contributed by atoms with Crippen LogP contribution in [0.2, 0.25) is 0 Å². The highest BCUT2D eigenvalue weighted by molar-refractivity contribution is 8.01. The van der Waals surface area contributed by atoms with Gasteiger partial charge in [0, 0.05) is 17.9 Å². The Morgan fingerprint density at radius 3 is 2.00 bits per heavy atom. The van der Waals surface area contributed by atoms with Crippen LogP contribution in [0.5, 0.6) is 0 Å².